The summed E-state index contributed by atoms with van der Waals surface area (Å²) >= 11 is 1.39. The van der Waals surface area contributed by atoms with E-state index in [-0.39, 0.29) is 18.9 Å². The molecule has 7 heteroatoms. The minimum atomic E-state index is -1.36. The van der Waals surface area contributed by atoms with Crippen molar-refractivity contribution in [1.82, 2.24) is 5.32 Å². The van der Waals surface area contributed by atoms with E-state index in [2.05, 4.69) is 5.32 Å². The second-order valence-corrected chi connectivity index (χ2v) is 6.27. The van der Waals surface area contributed by atoms with Crippen molar-refractivity contribution in [1.29, 1.82) is 0 Å². The number of thiophene rings is 1. The maximum absolute atomic E-state index is 13.6. The molecule has 0 saturated heterocycles. The van der Waals surface area contributed by atoms with Gasteiger partial charge in [-0.25, -0.2) is 9.18 Å². The second-order valence-electron chi connectivity index (χ2n) is 5.32. The van der Waals surface area contributed by atoms with Crippen LogP contribution in [0.1, 0.15) is 27.7 Å². The van der Waals surface area contributed by atoms with Gasteiger partial charge in [0.05, 0.1) is 18.5 Å². The number of carbonyl (C=O) groups is 2. The van der Waals surface area contributed by atoms with Gasteiger partial charge in [-0.1, -0.05) is 12.1 Å². The van der Waals surface area contributed by atoms with Crippen LogP contribution in [0.25, 0.3) is 0 Å². The molecule has 1 atom stereocenters. The van der Waals surface area contributed by atoms with E-state index in [9.17, 15) is 19.1 Å². The molecule has 0 fully saturated rings. The summed E-state index contributed by atoms with van der Waals surface area (Å²) < 4.78 is 13.6. The van der Waals surface area contributed by atoms with E-state index >= 15 is 0 Å². The van der Waals surface area contributed by atoms with E-state index < -0.39 is 23.0 Å². The fourth-order valence-corrected chi connectivity index (χ4v) is 2.82. The first-order valence-electron chi connectivity index (χ1n) is 6.84. The molecule has 0 spiro atoms. The number of aromatic carboxylic acids is 1. The molecular formula is C16H16FNO4S. The van der Waals surface area contributed by atoms with Crippen LogP contribution >= 0.6 is 11.3 Å². The van der Waals surface area contributed by atoms with Crippen LogP contribution in [0.5, 0.6) is 0 Å². The van der Waals surface area contributed by atoms with Gasteiger partial charge in [0.15, 0.2) is 0 Å². The van der Waals surface area contributed by atoms with Crippen LogP contribution < -0.4 is 5.32 Å². The summed E-state index contributed by atoms with van der Waals surface area (Å²) in [4.78, 5) is 23.4. The molecule has 1 amide bonds. The van der Waals surface area contributed by atoms with Crippen molar-refractivity contribution in [3.05, 3.63) is 57.5 Å². The van der Waals surface area contributed by atoms with Crippen molar-refractivity contribution in [2.75, 3.05) is 6.54 Å². The van der Waals surface area contributed by atoms with Gasteiger partial charge in [0.1, 0.15) is 11.4 Å². The van der Waals surface area contributed by atoms with Gasteiger partial charge < -0.3 is 15.5 Å². The van der Waals surface area contributed by atoms with E-state index in [0.29, 0.717) is 5.56 Å². The molecule has 0 aliphatic heterocycles. The molecule has 122 valence electrons. The van der Waals surface area contributed by atoms with Crippen LogP contribution in [0.15, 0.2) is 35.7 Å². The third kappa shape index (κ3) is 4.37. The Labute approximate surface area is 136 Å². The average Bonchev–Trinajstić information content (AvgIpc) is 3.00. The Kier molecular flexibility index (Phi) is 5.12. The molecule has 23 heavy (non-hydrogen) atoms. The van der Waals surface area contributed by atoms with Crippen molar-refractivity contribution in [3.63, 3.8) is 0 Å². The molecule has 0 bridgehead atoms. The van der Waals surface area contributed by atoms with Crippen molar-refractivity contribution < 1.29 is 24.2 Å². The summed E-state index contributed by atoms with van der Waals surface area (Å²) in [5.41, 5.74) is -1.25. The lowest BCUT2D eigenvalue weighted by molar-refractivity contribution is -0.121. The number of rotatable bonds is 6. The van der Waals surface area contributed by atoms with Gasteiger partial charge >= 0.3 is 5.97 Å². The van der Waals surface area contributed by atoms with Gasteiger partial charge in [-0.3, -0.25) is 4.79 Å². The molecule has 1 aromatic heterocycles. The summed E-state index contributed by atoms with van der Waals surface area (Å²) in [7, 11) is 0. The van der Waals surface area contributed by atoms with Gasteiger partial charge in [-0.2, -0.15) is 0 Å². The molecule has 0 radical (unpaired) electrons. The van der Waals surface area contributed by atoms with E-state index in [1.165, 1.54) is 17.4 Å². The summed E-state index contributed by atoms with van der Waals surface area (Å²) in [6, 6.07) is 7.13. The van der Waals surface area contributed by atoms with Crippen molar-refractivity contribution in [3.8, 4) is 0 Å². The molecule has 2 aromatic rings. The van der Waals surface area contributed by atoms with Crippen molar-refractivity contribution >= 4 is 23.2 Å². The van der Waals surface area contributed by atoms with Crippen LogP contribution in [0.3, 0.4) is 0 Å². The largest absolute Gasteiger partial charge is 0.478 e. The Balaban J connectivity index is 1.95. The first-order valence-corrected chi connectivity index (χ1v) is 7.72. The Hall–Kier alpha value is -2.25. The third-order valence-electron chi connectivity index (χ3n) is 3.31. The predicted octanol–water partition coefficient (Wildman–Crippen LogP) is 2.15. The normalized spacial score (nSPS) is 13.3. The number of aliphatic hydroxyl groups is 1. The fourth-order valence-electron chi connectivity index (χ4n) is 2.03. The van der Waals surface area contributed by atoms with Gasteiger partial charge in [-0.15, -0.1) is 11.3 Å². The highest BCUT2D eigenvalue weighted by Crippen LogP contribution is 2.24. The summed E-state index contributed by atoms with van der Waals surface area (Å²) in [5.74, 6) is -2.62. The molecule has 2 rings (SSSR count). The molecular weight excluding hydrogens is 321 g/mol. The minimum absolute atomic E-state index is 0.0298. The van der Waals surface area contributed by atoms with Gasteiger partial charge in [0.2, 0.25) is 5.91 Å². The Morgan fingerprint density at radius 1 is 1.35 bits per heavy atom. The van der Waals surface area contributed by atoms with Gasteiger partial charge in [0.25, 0.3) is 0 Å². The monoisotopic (exact) mass is 337 g/mol. The van der Waals surface area contributed by atoms with Gasteiger partial charge in [0, 0.05) is 4.88 Å². The SMILES string of the molecule is CC(O)(CNC(=O)Cc1ccc(C(=O)O)c(F)c1)c1cccs1. The number of nitrogens with one attached hydrogen (secondary N) is 1. The topological polar surface area (TPSA) is 86.6 Å². The number of hydrogen-bond donors (Lipinski definition) is 3. The third-order valence-corrected chi connectivity index (χ3v) is 4.43. The molecule has 3 N–H and O–H groups in total. The number of halogens is 1. The zero-order valence-electron chi connectivity index (χ0n) is 12.4. The molecule has 0 aliphatic carbocycles. The second kappa shape index (κ2) is 6.89. The molecule has 5 nitrogen and oxygen atoms in total. The van der Waals surface area contributed by atoms with Crippen molar-refractivity contribution in [2.24, 2.45) is 0 Å². The van der Waals surface area contributed by atoms with E-state index in [1.807, 2.05) is 11.4 Å². The zero-order valence-corrected chi connectivity index (χ0v) is 13.2. The lowest BCUT2D eigenvalue weighted by atomic mass is 10.0. The first kappa shape index (κ1) is 17.1. The molecule has 0 aliphatic rings. The van der Waals surface area contributed by atoms with Crippen LogP contribution in [0.4, 0.5) is 4.39 Å². The maximum atomic E-state index is 13.6. The van der Waals surface area contributed by atoms with E-state index in [1.54, 1.807) is 13.0 Å². The highest BCUT2D eigenvalue weighted by atomic mass is 32.1. The fraction of sp³-hybridized carbons (Fsp3) is 0.250. The minimum Gasteiger partial charge on any atom is -0.478 e. The van der Waals surface area contributed by atoms with E-state index in [4.69, 9.17) is 5.11 Å². The van der Waals surface area contributed by atoms with Crippen LogP contribution in [-0.2, 0) is 16.8 Å². The summed E-state index contributed by atoms with van der Waals surface area (Å²) in [6.45, 7) is 1.63. The Morgan fingerprint density at radius 2 is 2.09 bits per heavy atom. The summed E-state index contributed by atoms with van der Waals surface area (Å²) in [5, 5.41) is 23.5. The Bertz CT molecular complexity index is 713. The number of carboxylic acids is 1. The highest BCUT2D eigenvalue weighted by Gasteiger charge is 2.24. The molecule has 1 aromatic carbocycles. The number of benzene rings is 1. The van der Waals surface area contributed by atoms with Crippen LogP contribution in [0.2, 0.25) is 0 Å². The number of hydrogen-bond acceptors (Lipinski definition) is 4. The van der Waals surface area contributed by atoms with Gasteiger partial charge in [-0.05, 0) is 36.1 Å². The number of carboxylic acid groups (broad SMARTS) is 1. The van der Waals surface area contributed by atoms with Crippen molar-refractivity contribution in [2.45, 2.75) is 18.9 Å². The summed E-state index contributed by atoms with van der Waals surface area (Å²) in [6.07, 6.45) is -0.0999. The first-order chi connectivity index (χ1) is 10.8. The predicted molar refractivity (Wildman–Crippen MR) is 84.0 cm³/mol. The quantitative estimate of drug-likeness (QED) is 0.754. The average molecular weight is 337 g/mol. The van der Waals surface area contributed by atoms with Crippen LogP contribution in [0, 0.1) is 5.82 Å². The zero-order chi connectivity index (χ0) is 17.0. The lowest BCUT2D eigenvalue weighted by Gasteiger charge is -2.22. The van der Waals surface area contributed by atoms with E-state index in [0.717, 1.165) is 17.0 Å². The standard InChI is InChI=1S/C16H16FNO4S/c1-16(22,13-3-2-6-23-13)9-18-14(19)8-10-4-5-11(15(20)21)12(17)7-10/h2-7,22H,8-9H2,1H3,(H,18,19)(H,20,21). The molecule has 1 unspecified atom stereocenters. The molecule has 1 heterocycles. The maximum Gasteiger partial charge on any atom is 0.338 e. The number of carbonyl (C=O) groups excluding carboxylic acids is 1. The highest BCUT2D eigenvalue weighted by molar-refractivity contribution is 7.10. The van der Waals surface area contributed by atoms with Crippen LogP contribution in [-0.4, -0.2) is 28.6 Å². The Morgan fingerprint density at radius 3 is 2.65 bits per heavy atom. The smallest absolute Gasteiger partial charge is 0.338 e. The number of amides is 1. The molecule has 0 saturated carbocycles. The lowest BCUT2D eigenvalue weighted by Crippen LogP contribution is -2.38.